The summed E-state index contributed by atoms with van der Waals surface area (Å²) in [4.78, 5) is 17.0. The van der Waals surface area contributed by atoms with Gasteiger partial charge in [0.05, 0.1) is 6.54 Å². The van der Waals surface area contributed by atoms with Gasteiger partial charge in [0.2, 0.25) is 0 Å². The summed E-state index contributed by atoms with van der Waals surface area (Å²) in [5.41, 5.74) is 0. The number of hydrogen-bond donors (Lipinski definition) is 1. The molecule has 0 aliphatic carbocycles. The molecule has 5 heteroatoms. The van der Waals surface area contributed by atoms with Crippen molar-refractivity contribution in [3.63, 3.8) is 0 Å². The summed E-state index contributed by atoms with van der Waals surface area (Å²) < 4.78 is 5.75. The van der Waals surface area contributed by atoms with Gasteiger partial charge in [0.25, 0.3) is 5.91 Å². The quantitative estimate of drug-likeness (QED) is 0.925. The van der Waals surface area contributed by atoms with Crippen LogP contribution in [0.5, 0.6) is 0 Å². The molecule has 2 aliphatic heterocycles. The van der Waals surface area contributed by atoms with Gasteiger partial charge < -0.3 is 14.6 Å². The average molecular weight is 305 g/mol. The number of carbonyl (C=O) groups excluding carboxylic acids is 1. The van der Waals surface area contributed by atoms with Crippen LogP contribution in [0, 0.1) is 0 Å². The molecule has 22 heavy (non-hydrogen) atoms. The Morgan fingerprint density at radius 3 is 2.64 bits per heavy atom. The third-order valence-electron chi connectivity index (χ3n) is 4.77. The van der Waals surface area contributed by atoms with Gasteiger partial charge in [-0.25, -0.2) is 0 Å². The zero-order chi connectivity index (χ0) is 15.4. The Morgan fingerprint density at radius 2 is 1.91 bits per heavy atom. The first-order chi connectivity index (χ1) is 10.7. The third-order valence-corrected chi connectivity index (χ3v) is 4.77. The van der Waals surface area contributed by atoms with Crippen LogP contribution in [0.3, 0.4) is 0 Å². The molecule has 0 radical (unpaired) electrons. The van der Waals surface area contributed by atoms with Crippen molar-refractivity contribution in [1.82, 2.24) is 15.1 Å². The van der Waals surface area contributed by atoms with E-state index < -0.39 is 0 Å². The monoisotopic (exact) mass is 305 g/mol. The normalized spacial score (nSPS) is 21.9. The first kappa shape index (κ1) is 15.6. The molecule has 0 spiro atoms. The van der Waals surface area contributed by atoms with Crippen LogP contribution in [0.4, 0.5) is 0 Å². The molecule has 1 amide bonds. The summed E-state index contributed by atoms with van der Waals surface area (Å²) in [5, 5.41) is 3.10. The highest BCUT2D eigenvalue weighted by Gasteiger charge is 2.21. The number of amides is 1. The lowest BCUT2D eigenvalue weighted by atomic mass is 10.1. The molecule has 2 saturated heterocycles. The smallest absolute Gasteiger partial charge is 0.287 e. The van der Waals surface area contributed by atoms with Gasteiger partial charge in [-0.2, -0.15) is 0 Å². The minimum atomic E-state index is -0.0700. The largest absolute Gasteiger partial charge is 0.455 e. The molecular formula is C17H27N3O2. The summed E-state index contributed by atoms with van der Waals surface area (Å²) in [5.74, 6) is 1.28. The lowest BCUT2D eigenvalue weighted by Gasteiger charge is -2.29. The second-order valence-electron chi connectivity index (χ2n) is 6.65. The first-order valence-electron chi connectivity index (χ1n) is 8.51. The molecule has 122 valence electrons. The van der Waals surface area contributed by atoms with Crippen molar-refractivity contribution in [3.05, 3.63) is 23.7 Å². The van der Waals surface area contributed by atoms with Crippen molar-refractivity contribution in [2.75, 3.05) is 33.2 Å². The Kier molecular flexibility index (Phi) is 5.16. The molecule has 0 atom stereocenters. The first-order valence-corrected chi connectivity index (χ1v) is 8.51. The molecule has 2 aliphatic rings. The van der Waals surface area contributed by atoms with Crippen LogP contribution in [0.1, 0.15) is 48.4 Å². The number of nitrogens with zero attached hydrogens (tertiary/aromatic N) is 2. The number of rotatable bonds is 4. The molecule has 3 heterocycles. The van der Waals surface area contributed by atoms with E-state index in [1.54, 1.807) is 0 Å². The van der Waals surface area contributed by atoms with E-state index in [9.17, 15) is 4.79 Å². The number of likely N-dealkylation sites (tertiary alicyclic amines) is 2. The standard InChI is InChI=1S/C17H27N3O2/c1-19-11-7-14(8-12-19)18-17(21)16-6-5-15(22-16)13-20-9-3-2-4-10-20/h5-6,14H,2-4,7-13H2,1H3,(H,18,21). The van der Waals surface area contributed by atoms with E-state index in [4.69, 9.17) is 4.42 Å². The van der Waals surface area contributed by atoms with Crippen molar-refractivity contribution >= 4 is 5.91 Å². The SMILES string of the molecule is CN1CCC(NC(=O)c2ccc(CN3CCCCC3)o2)CC1. The summed E-state index contributed by atoms with van der Waals surface area (Å²) in [6, 6.07) is 4.03. The molecule has 5 nitrogen and oxygen atoms in total. The van der Waals surface area contributed by atoms with Gasteiger partial charge in [-0.1, -0.05) is 6.42 Å². The zero-order valence-electron chi connectivity index (χ0n) is 13.5. The minimum absolute atomic E-state index is 0.0700. The van der Waals surface area contributed by atoms with Crippen molar-refractivity contribution in [3.8, 4) is 0 Å². The maximum Gasteiger partial charge on any atom is 0.287 e. The van der Waals surface area contributed by atoms with Crippen LogP contribution in [-0.4, -0.2) is 55.0 Å². The van der Waals surface area contributed by atoms with Gasteiger partial charge in [-0.15, -0.1) is 0 Å². The van der Waals surface area contributed by atoms with Gasteiger partial charge in [0.15, 0.2) is 5.76 Å². The Hall–Kier alpha value is -1.33. The number of piperidine rings is 2. The summed E-state index contributed by atoms with van der Waals surface area (Å²) in [6.07, 6.45) is 5.90. The molecule has 0 unspecified atom stereocenters. The van der Waals surface area contributed by atoms with Crippen molar-refractivity contribution < 1.29 is 9.21 Å². The fourth-order valence-electron chi connectivity index (χ4n) is 3.33. The minimum Gasteiger partial charge on any atom is -0.455 e. The summed E-state index contributed by atoms with van der Waals surface area (Å²) >= 11 is 0. The zero-order valence-corrected chi connectivity index (χ0v) is 13.5. The fraction of sp³-hybridized carbons (Fsp3) is 0.706. The maximum absolute atomic E-state index is 12.3. The van der Waals surface area contributed by atoms with Crippen molar-refractivity contribution in [2.24, 2.45) is 0 Å². The van der Waals surface area contributed by atoms with E-state index in [2.05, 4.69) is 22.2 Å². The van der Waals surface area contributed by atoms with Crippen LogP contribution in [0.15, 0.2) is 16.5 Å². The Bertz CT molecular complexity index is 486. The number of hydrogen-bond acceptors (Lipinski definition) is 4. The molecule has 0 bridgehead atoms. The van der Waals surface area contributed by atoms with E-state index in [1.165, 1.54) is 19.3 Å². The fourth-order valence-corrected chi connectivity index (χ4v) is 3.33. The lowest BCUT2D eigenvalue weighted by Crippen LogP contribution is -2.43. The Labute approximate surface area is 132 Å². The molecule has 1 N–H and O–H groups in total. The van der Waals surface area contributed by atoms with E-state index in [-0.39, 0.29) is 11.9 Å². The Morgan fingerprint density at radius 1 is 1.18 bits per heavy atom. The van der Waals surface area contributed by atoms with Crippen LogP contribution in [-0.2, 0) is 6.54 Å². The lowest BCUT2D eigenvalue weighted by molar-refractivity contribution is 0.0884. The van der Waals surface area contributed by atoms with Crippen LogP contribution >= 0.6 is 0 Å². The summed E-state index contributed by atoms with van der Waals surface area (Å²) in [6.45, 7) is 5.18. The molecule has 1 aromatic rings. The van der Waals surface area contributed by atoms with Crippen LogP contribution in [0.25, 0.3) is 0 Å². The topological polar surface area (TPSA) is 48.7 Å². The molecule has 0 saturated carbocycles. The molecule has 1 aromatic heterocycles. The van der Waals surface area contributed by atoms with Gasteiger partial charge in [0.1, 0.15) is 5.76 Å². The van der Waals surface area contributed by atoms with Gasteiger partial charge in [0, 0.05) is 6.04 Å². The molecule has 3 rings (SSSR count). The van der Waals surface area contributed by atoms with Gasteiger partial charge in [-0.05, 0) is 71.0 Å². The molecule has 2 fully saturated rings. The van der Waals surface area contributed by atoms with Crippen LogP contribution in [0.2, 0.25) is 0 Å². The second-order valence-corrected chi connectivity index (χ2v) is 6.65. The van der Waals surface area contributed by atoms with E-state index >= 15 is 0 Å². The van der Waals surface area contributed by atoms with E-state index in [0.29, 0.717) is 5.76 Å². The van der Waals surface area contributed by atoms with Crippen molar-refractivity contribution in [1.29, 1.82) is 0 Å². The van der Waals surface area contributed by atoms with Crippen molar-refractivity contribution in [2.45, 2.75) is 44.7 Å². The predicted octanol–water partition coefficient (Wildman–Crippen LogP) is 2.09. The molecule has 0 aromatic carbocycles. The van der Waals surface area contributed by atoms with Gasteiger partial charge in [-0.3, -0.25) is 9.69 Å². The van der Waals surface area contributed by atoms with Gasteiger partial charge >= 0.3 is 0 Å². The van der Waals surface area contributed by atoms with Crippen LogP contribution < -0.4 is 5.32 Å². The number of carbonyl (C=O) groups is 1. The molecular weight excluding hydrogens is 278 g/mol. The van der Waals surface area contributed by atoms with E-state index in [1.807, 2.05) is 12.1 Å². The Balaban J connectivity index is 1.50. The van der Waals surface area contributed by atoms with E-state index in [0.717, 1.165) is 51.3 Å². The average Bonchev–Trinajstić information content (AvgIpc) is 2.99. The maximum atomic E-state index is 12.3. The summed E-state index contributed by atoms with van der Waals surface area (Å²) in [7, 11) is 2.12. The third kappa shape index (κ3) is 4.11. The highest BCUT2D eigenvalue weighted by molar-refractivity contribution is 5.91. The second kappa shape index (κ2) is 7.29. The highest BCUT2D eigenvalue weighted by Crippen LogP contribution is 2.16. The number of furan rings is 1. The highest BCUT2D eigenvalue weighted by atomic mass is 16.4. The number of nitrogens with one attached hydrogen (secondary N) is 1. The predicted molar refractivity (Wildman–Crippen MR) is 85.8 cm³/mol.